The highest BCUT2D eigenvalue weighted by atomic mass is 32.2. The number of hydrogen-bond acceptors (Lipinski definition) is 9. The van der Waals surface area contributed by atoms with Gasteiger partial charge in [0.15, 0.2) is 0 Å². The van der Waals surface area contributed by atoms with Gasteiger partial charge in [-0.05, 0) is 63.4 Å². The molecule has 0 fully saturated rings. The number of aliphatic carboxylic acids is 1. The summed E-state index contributed by atoms with van der Waals surface area (Å²) in [4.78, 5) is 60.2. The molecule has 0 saturated heterocycles. The first-order valence-electron chi connectivity index (χ1n) is 13.1. The van der Waals surface area contributed by atoms with Crippen LogP contribution >= 0.6 is 0 Å². The van der Waals surface area contributed by atoms with Gasteiger partial charge in [-0.2, -0.15) is 8.42 Å². The Bertz CT molecular complexity index is 1140. The molecule has 1 rings (SSSR count). The SMILES string of the molecule is CCCNc1ccc(C(=O)NCCCC[C@H](NC(=O)CC[C@H](NC(=O)[C@H](CS(=O)(=O)O)NC)C(=O)O)C(N)=O)cc1. The van der Waals surface area contributed by atoms with Crippen LogP contribution in [0.4, 0.5) is 5.69 Å². The van der Waals surface area contributed by atoms with Crippen LogP contribution in [0.15, 0.2) is 24.3 Å². The van der Waals surface area contributed by atoms with Crippen LogP contribution in [0, 0.1) is 0 Å². The predicted molar refractivity (Wildman–Crippen MR) is 151 cm³/mol. The van der Waals surface area contributed by atoms with Crippen molar-refractivity contribution < 1.29 is 42.0 Å². The molecule has 1 aromatic rings. The largest absolute Gasteiger partial charge is 0.480 e. The summed E-state index contributed by atoms with van der Waals surface area (Å²) in [6.45, 7) is 3.22. The highest BCUT2D eigenvalue weighted by Gasteiger charge is 2.28. The van der Waals surface area contributed by atoms with Crippen LogP contribution in [-0.2, 0) is 29.3 Å². The maximum absolute atomic E-state index is 12.4. The number of carboxylic acids is 1. The summed E-state index contributed by atoms with van der Waals surface area (Å²) in [6, 6.07) is 3.09. The number of hydrogen-bond donors (Lipinski definition) is 8. The molecule has 0 saturated carbocycles. The number of nitrogens with one attached hydrogen (secondary N) is 5. The summed E-state index contributed by atoms with van der Waals surface area (Å²) in [5, 5.41) is 22.3. The van der Waals surface area contributed by atoms with Gasteiger partial charge in [0.1, 0.15) is 18.1 Å². The third-order valence-corrected chi connectivity index (χ3v) is 6.68. The van der Waals surface area contributed by atoms with E-state index in [0.717, 1.165) is 18.7 Å². The minimum absolute atomic E-state index is 0.188. The van der Waals surface area contributed by atoms with Crippen molar-refractivity contribution in [3.8, 4) is 0 Å². The molecule has 230 valence electrons. The van der Waals surface area contributed by atoms with E-state index in [1.807, 2.05) is 12.1 Å². The summed E-state index contributed by atoms with van der Waals surface area (Å²) in [5.41, 5.74) is 6.80. The molecule has 0 aliphatic rings. The topological polar surface area (TPSA) is 246 Å². The lowest BCUT2D eigenvalue weighted by Crippen LogP contribution is -2.52. The highest BCUT2D eigenvalue weighted by molar-refractivity contribution is 7.85. The number of rotatable bonds is 20. The van der Waals surface area contributed by atoms with E-state index in [2.05, 4.69) is 33.5 Å². The molecule has 0 aliphatic carbocycles. The van der Waals surface area contributed by atoms with E-state index < -0.39 is 57.7 Å². The Morgan fingerprint density at radius 3 is 2.12 bits per heavy atom. The van der Waals surface area contributed by atoms with E-state index >= 15 is 0 Å². The second-order valence-electron chi connectivity index (χ2n) is 9.31. The Hall–Kier alpha value is -3.76. The first-order valence-corrected chi connectivity index (χ1v) is 14.7. The van der Waals surface area contributed by atoms with Crippen molar-refractivity contribution in [1.82, 2.24) is 21.3 Å². The van der Waals surface area contributed by atoms with Gasteiger partial charge in [0.05, 0.1) is 5.75 Å². The van der Waals surface area contributed by atoms with Crippen LogP contribution in [-0.4, -0.2) is 91.7 Å². The molecule has 9 N–H and O–H groups in total. The quantitative estimate of drug-likeness (QED) is 0.0680. The Labute approximate surface area is 239 Å². The number of carbonyl (C=O) groups excluding carboxylic acids is 4. The van der Waals surface area contributed by atoms with Gasteiger partial charge >= 0.3 is 5.97 Å². The summed E-state index contributed by atoms with van der Waals surface area (Å²) in [5.74, 6) is -5.15. The van der Waals surface area contributed by atoms with E-state index in [9.17, 15) is 37.5 Å². The van der Waals surface area contributed by atoms with Crippen molar-refractivity contribution in [2.45, 2.75) is 63.6 Å². The molecular weight excluding hydrogens is 560 g/mol. The average Bonchev–Trinajstić information content (AvgIpc) is 2.91. The Morgan fingerprint density at radius 2 is 1.59 bits per heavy atom. The zero-order valence-corrected chi connectivity index (χ0v) is 24.0. The van der Waals surface area contributed by atoms with Crippen molar-refractivity contribution >= 4 is 45.4 Å². The third kappa shape index (κ3) is 14.4. The molecule has 0 aliphatic heterocycles. The lowest BCUT2D eigenvalue weighted by molar-refractivity contribution is -0.142. The van der Waals surface area contributed by atoms with Crippen LogP contribution < -0.4 is 32.3 Å². The minimum atomic E-state index is -4.52. The molecule has 0 radical (unpaired) electrons. The van der Waals surface area contributed by atoms with Crippen LogP contribution in [0.5, 0.6) is 0 Å². The zero-order valence-electron chi connectivity index (χ0n) is 23.1. The third-order valence-electron chi connectivity index (χ3n) is 5.93. The van der Waals surface area contributed by atoms with Gasteiger partial charge in [0.2, 0.25) is 17.7 Å². The van der Waals surface area contributed by atoms with Gasteiger partial charge in [-0.15, -0.1) is 0 Å². The second-order valence-corrected chi connectivity index (χ2v) is 10.8. The normalized spacial score (nSPS) is 13.3. The van der Waals surface area contributed by atoms with Gasteiger partial charge in [-0.3, -0.25) is 23.7 Å². The molecule has 15 nitrogen and oxygen atoms in total. The Balaban J connectivity index is 2.49. The molecule has 3 atom stereocenters. The van der Waals surface area contributed by atoms with Gasteiger partial charge < -0.3 is 37.4 Å². The van der Waals surface area contributed by atoms with Crippen molar-refractivity contribution in [2.75, 3.05) is 31.2 Å². The van der Waals surface area contributed by atoms with Crippen LogP contribution in [0.3, 0.4) is 0 Å². The van der Waals surface area contributed by atoms with E-state index in [0.29, 0.717) is 24.9 Å². The van der Waals surface area contributed by atoms with Crippen molar-refractivity contribution in [3.05, 3.63) is 29.8 Å². The fourth-order valence-corrected chi connectivity index (χ4v) is 4.38. The predicted octanol–water partition coefficient (Wildman–Crippen LogP) is -0.796. The fourth-order valence-electron chi connectivity index (χ4n) is 3.64. The fraction of sp³-hybridized carbons (Fsp3) is 0.560. The number of primary amides is 1. The summed E-state index contributed by atoms with van der Waals surface area (Å²) < 4.78 is 31.0. The maximum Gasteiger partial charge on any atom is 0.326 e. The van der Waals surface area contributed by atoms with Crippen molar-refractivity contribution in [3.63, 3.8) is 0 Å². The number of carboxylic acid groups (broad SMARTS) is 1. The second kappa shape index (κ2) is 17.8. The van der Waals surface area contributed by atoms with E-state index in [-0.39, 0.29) is 25.2 Å². The molecule has 0 unspecified atom stereocenters. The van der Waals surface area contributed by atoms with E-state index in [1.165, 1.54) is 7.05 Å². The highest BCUT2D eigenvalue weighted by Crippen LogP contribution is 2.10. The van der Waals surface area contributed by atoms with Crippen molar-refractivity contribution in [2.24, 2.45) is 5.73 Å². The Morgan fingerprint density at radius 1 is 0.927 bits per heavy atom. The van der Waals surface area contributed by atoms with Gasteiger partial charge in [-0.25, -0.2) is 4.79 Å². The van der Waals surface area contributed by atoms with Gasteiger partial charge in [0.25, 0.3) is 16.0 Å². The van der Waals surface area contributed by atoms with E-state index in [1.54, 1.807) is 12.1 Å². The molecule has 0 bridgehead atoms. The number of unbranched alkanes of at least 4 members (excludes halogenated alkanes) is 1. The van der Waals surface area contributed by atoms with Crippen LogP contribution in [0.2, 0.25) is 0 Å². The molecule has 0 aromatic heterocycles. The average molecular weight is 601 g/mol. The molecule has 0 spiro atoms. The summed E-state index contributed by atoms with van der Waals surface area (Å²) in [7, 11) is -3.27. The van der Waals surface area contributed by atoms with Crippen LogP contribution in [0.1, 0.15) is 55.8 Å². The molecule has 0 heterocycles. The molecule has 41 heavy (non-hydrogen) atoms. The van der Waals surface area contributed by atoms with E-state index in [4.69, 9.17) is 10.3 Å². The van der Waals surface area contributed by atoms with Gasteiger partial charge in [0, 0.05) is 30.8 Å². The van der Waals surface area contributed by atoms with Gasteiger partial charge in [-0.1, -0.05) is 6.92 Å². The summed E-state index contributed by atoms with van der Waals surface area (Å²) >= 11 is 0. The maximum atomic E-state index is 12.4. The minimum Gasteiger partial charge on any atom is -0.480 e. The molecular formula is C25H40N6O9S. The number of amides is 4. The smallest absolute Gasteiger partial charge is 0.326 e. The molecule has 1 aromatic carbocycles. The number of likely N-dealkylation sites (N-methyl/N-ethyl adjacent to an activating group) is 1. The van der Waals surface area contributed by atoms with Crippen LogP contribution in [0.25, 0.3) is 0 Å². The number of anilines is 1. The number of benzene rings is 1. The first kappa shape index (κ1) is 35.3. The molecule has 16 heteroatoms. The summed E-state index contributed by atoms with van der Waals surface area (Å²) in [6.07, 6.45) is 1.38. The number of nitrogens with two attached hydrogens (primary N) is 1. The standard InChI is InChI=1S/C25H40N6O9S/c1-3-13-28-17-9-7-16(8-10-17)23(34)29-14-5-4-6-18(22(26)33)30-21(32)12-11-19(25(36)37)31-24(35)20(27-2)15-41(38,39)40/h7-10,18-20,27-28H,3-6,11-15H2,1-2H3,(H2,26,33)(H,29,34)(H,30,32)(H,31,35)(H,36,37)(H,38,39,40)/t18-,19-,20-/m0/s1. The monoisotopic (exact) mass is 600 g/mol. The number of carbonyl (C=O) groups is 5. The van der Waals surface area contributed by atoms with Crippen molar-refractivity contribution in [1.29, 1.82) is 0 Å². The Kier molecular flexibility index (Phi) is 15.3. The zero-order chi connectivity index (χ0) is 31.0. The lowest BCUT2D eigenvalue weighted by Gasteiger charge is -2.20. The molecule has 4 amide bonds. The lowest BCUT2D eigenvalue weighted by atomic mass is 10.1. The first-order chi connectivity index (χ1) is 19.3.